The van der Waals surface area contributed by atoms with Crippen molar-refractivity contribution >= 4 is 11.9 Å². The molecule has 150 valence electrons. The van der Waals surface area contributed by atoms with Gasteiger partial charge in [-0.1, -0.05) is 42.5 Å². The summed E-state index contributed by atoms with van der Waals surface area (Å²) in [5.41, 5.74) is 1.64. The molecule has 3 amide bonds. The number of urea groups is 1. The zero-order valence-corrected chi connectivity index (χ0v) is 15.6. The lowest BCUT2D eigenvalue weighted by atomic mass is 9.98. The summed E-state index contributed by atoms with van der Waals surface area (Å²) < 4.78 is 29.0. The topological polar surface area (TPSA) is 79.5 Å². The minimum atomic E-state index is -2.89. The van der Waals surface area contributed by atoms with Crippen molar-refractivity contribution in [1.82, 2.24) is 16.0 Å². The van der Waals surface area contributed by atoms with Gasteiger partial charge in [0.1, 0.15) is 5.75 Å². The van der Waals surface area contributed by atoms with Crippen molar-refractivity contribution in [3.05, 3.63) is 65.7 Å². The lowest BCUT2D eigenvalue weighted by molar-refractivity contribution is -0.119. The third-order valence-electron chi connectivity index (χ3n) is 3.71. The molecule has 28 heavy (non-hydrogen) atoms. The summed E-state index contributed by atoms with van der Waals surface area (Å²) in [4.78, 5) is 23.7. The van der Waals surface area contributed by atoms with Crippen LogP contribution in [0.5, 0.6) is 5.75 Å². The summed E-state index contributed by atoms with van der Waals surface area (Å²) in [6, 6.07) is 14.5. The van der Waals surface area contributed by atoms with Crippen molar-refractivity contribution in [2.75, 3.05) is 6.54 Å². The predicted molar refractivity (Wildman–Crippen MR) is 101 cm³/mol. The van der Waals surface area contributed by atoms with Crippen LogP contribution in [0.25, 0.3) is 0 Å². The van der Waals surface area contributed by atoms with Gasteiger partial charge in [-0.2, -0.15) is 8.78 Å². The summed E-state index contributed by atoms with van der Waals surface area (Å²) in [5.74, 6) is -0.439. The highest BCUT2D eigenvalue weighted by Gasteiger charge is 2.17. The fraction of sp³-hybridized carbons (Fsp3) is 0.300. The Morgan fingerprint density at radius 3 is 2.14 bits per heavy atom. The molecule has 0 saturated heterocycles. The van der Waals surface area contributed by atoms with E-state index in [-0.39, 0.29) is 24.4 Å². The van der Waals surface area contributed by atoms with Gasteiger partial charge in [-0.15, -0.1) is 0 Å². The second-order valence-corrected chi connectivity index (χ2v) is 6.35. The van der Waals surface area contributed by atoms with E-state index in [9.17, 15) is 18.4 Å². The molecule has 0 fully saturated rings. The molecular formula is C20H23F2N3O3. The number of amides is 3. The van der Waals surface area contributed by atoms with Gasteiger partial charge in [0.05, 0.1) is 12.6 Å². The Hall–Kier alpha value is -3.00. The molecule has 2 rings (SSSR count). The highest BCUT2D eigenvalue weighted by molar-refractivity contribution is 5.95. The van der Waals surface area contributed by atoms with Gasteiger partial charge in [-0.3, -0.25) is 15.4 Å². The fourth-order valence-electron chi connectivity index (χ4n) is 2.58. The van der Waals surface area contributed by atoms with Crippen LogP contribution < -0.4 is 20.7 Å². The van der Waals surface area contributed by atoms with Crippen LogP contribution in [0.4, 0.5) is 13.6 Å². The molecular weight excluding hydrogens is 368 g/mol. The molecule has 3 N–H and O–H groups in total. The van der Waals surface area contributed by atoms with Gasteiger partial charge in [0.2, 0.25) is 5.91 Å². The maximum atomic E-state index is 12.3. The molecule has 8 heteroatoms. The molecule has 0 spiro atoms. The summed E-state index contributed by atoms with van der Waals surface area (Å²) in [5, 5.41) is 7.91. The van der Waals surface area contributed by atoms with Gasteiger partial charge in [0.25, 0.3) is 0 Å². The van der Waals surface area contributed by atoms with Crippen molar-refractivity contribution in [2.45, 2.75) is 32.5 Å². The van der Waals surface area contributed by atoms with E-state index >= 15 is 0 Å². The molecule has 0 heterocycles. The minimum absolute atomic E-state index is 0.0497. The van der Waals surface area contributed by atoms with Crippen LogP contribution in [-0.2, 0) is 4.79 Å². The number of ether oxygens (including phenoxy) is 1. The SMILES string of the molecule is CC(C)NC(=O)NC(=O)CN[C@H](c1ccccc1)c1ccc(OC(F)F)cc1. The average Bonchev–Trinajstić information content (AvgIpc) is 2.63. The molecule has 0 unspecified atom stereocenters. The molecule has 0 radical (unpaired) electrons. The largest absolute Gasteiger partial charge is 0.435 e. The number of benzene rings is 2. The van der Waals surface area contributed by atoms with Crippen LogP contribution >= 0.6 is 0 Å². The molecule has 0 aliphatic rings. The minimum Gasteiger partial charge on any atom is -0.435 e. The summed E-state index contributed by atoms with van der Waals surface area (Å²) in [7, 11) is 0. The normalized spacial score (nSPS) is 11.9. The van der Waals surface area contributed by atoms with E-state index in [1.807, 2.05) is 30.3 Å². The number of alkyl halides is 2. The predicted octanol–water partition coefficient (Wildman–Crippen LogP) is 3.20. The summed E-state index contributed by atoms with van der Waals surface area (Å²) >= 11 is 0. The molecule has 0 bridgehead atoms. The van der Waals surface area contributed by atoms with Gasteiger partial charge in [0.15, 0.2) is 0 Å². The number of hydrogen-bond donors (Lipinski definition) is 3. The molecule has 2 aromatic carbocycles. The second kappa shape index (κ2) is 10.4. The first kappa shape index (κ1) is 21.3. The number of nitrogens with one attached hydrogen (secondary N) is 3. The van der Waals surface area contributed by atoms with Gasteiger partial charge in [-0.05, 0) is 37.1 Å². The molecule has 0 aliphatic carbocycles. The van der Waals surface area contributed by atoms with E-state index in [1.165, 1.54) is 12.1 Å². The number of halogens is 2. The molecule has 2 aromatic rings. The van der Waals surface area contributed by atoms with E-state index in [2.05, 4.69) is 20.7 Å². The fourth-order valence-corrected chi connectivity index (χ4v) is 2.58. The zero-order chi connectivity index (χ0) is 20.5. The van der Waals surface area contributed by atoms with E-state index in [4.69, 9.17) is 0 Å². The van der Waals surface area contributed by atoms with Gasteiger partial charge >= 0.3 is 12.6 Å². The van der Waals surface area contributed by atoms with Crippen LogP contribution in [0.1, 0.15) is 31.0 Å². The van der Waals surface area contributed by atoms with E-state index in [1.54, 1.807) is 26.0 Å². The lowest BCUT2D eigenvalue weighted by Gasteiger charge is -2.20. The molecule has 1 atom stereocenters. The van der Waals surface area contributed by atoms with Gasteiger partial charge in [-0.25, -0.2) is 4.79 Å². The van der Waals surface area contributed by atoms with E-state index in [0.717, 1.165) is 11.1 Å². The second-order valence-electron chi connectivity index (χ2n) is 6.35. The molecule has 0 aromatic heterocycles. The summed E-state index contributed by atoms with van der Waals surface area (Å²) in [6.45, 7) is 0.569. The Labute approximate surface area is 162 Å². The third-order valence-corrected chi connectivity index (χ3v) is 3.71. The lowest BCUT2D eigenvalue weighted by Crippen LogP contribution is -2.46. The Kier molecular flexibility index (Phi) is 7.88. The first-order valence-electron chi connectivity index (χ1n) is 8.78. The molecule has 6 nitrogen and oxygen atoms in total. The first-order chi connectivity index (χ1) is 13.3. The Morgan fingerprint density at radius 2 is 1.57 bits per heavy atom. The van der Waals surface area contributed by atoms with Gasteiger partial charge in [0, 0.05) is 6.04 Å². The van der Waals surface area contributed by atoms with Crippen molar-refractivity contribution in [3.63, 3.8) is 0 Å². The number of imide groups is 1. The van der Waals surface area contributed by atoms with E-state index in [0.29, 0.717) is 0 Å². The average molecular weight is 391 g/mol. The zero-order valence-electron chi connectivity index (χ0n) is 15.6. The highest BCUT2D eigenvalue weighted by atomic mass is 19.3. The maximum Gasteiger partial charge on any atom is 0.387 e. The molecule has 0 aliphatic heterocycles. The smallest absolute Gasteiger partial charge is 0.387 e. The Bertz CT molecular complexity index is 768. The van der Waals surface area contributed by atoms with Crippen LogP contribution in [0.15, 0.2) is 54.6 Å². The molecule has 0 saturated carbocycles. The maximum absolute atomic E-state index is 12.3. The van der Waals surface area contributed by atoms with Crippen molar-refractivity contribution in [1.29, 1.82) is 0 Å². The van der Waals surface area contributed by atoms with Gasteiger partial charge < -0.3 is 10.1 Å². The highest BCUT2D eigenvalue weighted by Crippen LogP contribution is 2.24. The quantitative estimate of drug-likeness (QED) is 0.646. The Balaban J connectivity index is 2.08. The van der Waals surface area contributed by atoms with E-state index < -0.39 is 18.5 Å². The Morgan fingerprint density at radius 1 is 0.964 bits per heavy atom. The van der Waals surface area contributed by atoms with Crippen LogP contribution in [0, 0.1) is 0 Å². The van der Waals surface area contributed by atoms with Crippen LogP contribution in [-0.4, -0.2) is 31.1 Å². The van der Waals surface area contributed by atoms with Crippen molar-refractivity contribution in [2.24, 2.45) is 0 Å². The van der Waals surface area contributed by atoms with Crippen molar-refractivity contribution in [3.8, 4) is 5.75 Å². The number of rotatable bonds is 8. The number of hydrogen-bond acceptors (Lipinski definition) is 4. The number of carbonyl (C=O) groups is 2. The third kappa shape index (κ3) is 6.96. The standard InChI is InChI=1S/C20H23F2N3O3/c1-13(2)24-20(27)25-17(26)12-23-18(14-6-4-3-5-7-14)15-8-10-16(11-9-15)28-19(21)22/h3-11,13,18-19,23H,12H2,1-2H3,(H2,24,25,26,27)/t18-/m1/s1. The summed E-state index contributed by atoms with van der Waals surface area (Å²) in [6.07, 6.45) is 0. The monoisotopic (exact) mass is 391 g/mol. The van der Waals surface area contributed by atoms with Crippen molar-refractivity contribution < 1.29 is 23.1 Å². The van der Waals surface area contributed by atoms with Crippen LogP contribution in [0.2, 0.25) is 0 Å². The van der Waals surface area contributed by atoms with Crippen LogP contribution in [0.3, 0.4) is 0 Å². The first-order valence-corrected chi connectivity index (χ1v) is 8.78. The number of carbonyl (C=O) groups excluding carboxylic acids is 2.